The van der Waals surface area contributed by atoms with Gasteiger partial charge in [-0.1, -0.05) is 30.3 Å². The van der Waals surface area contributed by atoms with Gasteiger partial charge in [-0.25, -0.2) is 8.42 Å². The molecule has 1 saturated heterocycles. The van der Waals surface area contributed by atoms with Crippen LogP contribution in [0.3, 0.4) is 0 Å². The van der Waals surface area contributed by atoms with E-state index in [0.29, 0.717) is 19.1 Å². The molecule has 2 aromatic rings. The molecule has 0 atom stereocenters. The van der Waals surface area contributed by atoms with Gasteiger partial charge in [-0.2, -0.15) is 0 Å². The molecule has 0 radical (unpaired) electrons. The predicted molar refractivity (Wildman–Crippen MR) is 98.6 cm³/mol. The summed E-state index contributed by atoms with van der Waals surface area (Å²) in [5.74, 6) is 0.505. The first-order valence-electron chi connectivity index (χ1n) is 8.48. The summed E-state index contributed by atoms with van der Waals surface area (Å²) in [4.78, 5) is 2.16. The fraction of sp³-hybridized carbons (Fsp3) is 0.368. The minimum Gasteiger partial charge on any atom is -0.382 e. The molecule has 2 aromatic carbocycles. The third-order valence-corrected chi connectivity index (χ3v) is 6.59. The number of hydrogen-bond acceptors (Lipinski definition) is 4. The number of nitrogens with one attached hydrogen (secondary N) is 1. The molecule has 0 saturated carbocycles. The zero-order valence-corrected chi connectivity index (χ0v) is 14.4. The Morgan fingerprint density at radius 3 is 2.25 bits per heavy atom. The SMILES string of the molecule is O=S1(=O)CCN(c2cccc(NC3Cc4ccccc4C3)c2)CC1. The highest BCUT2D eigenvalue weighted by Crippen LogP contribution is 2.26. The minimum atomic E-state index is -2.84. The molecule has 0 amide bonds. The van der Waals surface area contributed by atoms with Gasteiger partial charge in [0, 0.05) is 30.5 Å². The number of rotatable bonds is 3. The number of nitrogens with zero attached hydrogens (tertiary/aromatic N) is 1. The van der Waals surface area contributed by atoms with Crippen molar-refractivity contribution < 1.29 is 8.42 Å². The monoisotopic (exact) mass is 342 g/mol. The lowest BCUT2D eigenvalue weighted by molar-refractivity contribution is 0.587. The van der Waals surface area contributed by atoms with Crippen LogP contribution in [0.5, 0.6) is 0 Å². The zero-order chi connectivity index (χ0) is 16.6. The molecule has 1 aliphatic heterocycles. The fourth-order valence-corrected chi connectivity index (χ4v) is 4.86. The molecule has 0 aromatic heterocycles. The van der Waals surface area contributed by atoms with Gasteiger partial charge in [-0.15, -0.1) is 0 Å². The highest BCUT2D eigenvalue weighted by molar-refractivity contribution is 7.91. The Morgan fingerprint density at radius 2 is 1.58 bits per heavy atom. The van der Waals surface area contributed by atoms with Crippen LogP contribution < -0.4 is 10.2 Å². The number of anilines is 2. The molecule has 5 heteroatoms. The lowest BCUT2D eigenvalue weighted by atomic mass is 10.1. The van der Waals surface area contributed by atoms with Crippen molar-refractivity contribution in [3.05, 3.63) is 59.7 Å². The molecule has 2 aliphatic rings. The molecular formula is C19H22N2O2S. The number of benzene rings is 2. The molecule has 24 heavy (non-hydrogen) atoms. The minimum absolute atomic E-state index is 0.253. The molecule has 1 heterocycles. The predicted octanol–water partition coefficient (Wildman–Crippen LogP) is 2.50. The first-order chi connectivity index (χ1) is 11.6. The molecular weight excluding hydrogens is 320 g/mol. The Labute approximate surface area is 143 Å². The molecule has 0 unspecified atom stereocenters. The van der Waals surface area contributed by atoms with Gasteiger partial charge in [0.1, 0.15) is 0 Å². The van der Waals surface area contributed by atoms with Crippen molar-refractivity contribution in [2.75, 3.05) is 34.8 Å². The van der Waals surface area contributed by atoms with Crippen LogP contribution >= 0.6 is 0 Å². The maximum Gasteiger partial charge on any atom is 0.153 e. The second-order valence-electron chi connectivity index (χ2n) is 6.71. The first kappa shape index (κ1) is 15.5. The summed E-state index contributed by atoms with van der Waals surface area (Å²) >= 11 is 0. The summed E-state index contributed by atoms with van der Waals surface area (Å²) in [5, 5.41) is 3.64. The third-order valence-electron chi connectivity index (χ3n) is 4.98. The number of hydrogen-bond donors (Lipinski definition) is 1. The summed E-state index contributed by atoms with van der Waals surface area (Å²) in [6.45, 7) is 1.17. The van der Waals surface area contributed by atoms with E-state index in [0.717, 1.165) is 24.2 Å². The van der Waals surface area contributed by atoms with E-state index in [-0.39, 0.29) is 11.5 Å². The summed E-state index contributed by atoms with van der Waals surface area (Å²) in [6.07, 6.45) is 2.12. The Hall–Kier alpha value is -2.01. The van der Waals surface area contributed by atoms with Crippen molar-refractivity contribution in [1.29, 1.82) is 0 Å². The van der Waals surface area contributed by atoms with Crippen LogP contribution in [0.25, 0.3) is 0 Å². The molecule has 1 aliphatic carbocycles. The highest BCUT2D eigenvalue weighted by atomic mass is 32.2. The van der Waals surface area contributed by atoms with Crippen LogP contribution in [0.1, 0.15) is 11.1 Å². The van der Waals surface area contributed by atoms with Crippen LogP contribution in [0, 0.1) is 0 Å². The van der Waals surface area contributed by atoms with Gasteiger partial charge in [-0.05, 0) is 42.2 Å². The topological polar surface area (TPSA) is 49.4 Å². The van der Waals surface area contributed by atoms with Gasteiger partial charge < -0.3 is 10.2 Å². The van der Waals surface area contributed by atoms with Crippen LogP contribution in [-0.2, 0) is 22.7 Å². The molecule has 4 rings (SSSR count). The summed E-state index contributed by atoms with van der Waals surface area (Å²) in [5.41, 5.74) is 5.09. The van der Waals surface area contributed by atoms with E-state index in [1.165, 1.54) is 11.1 Å². The van der Waals surface area contributed by atoms with E-state index in [1.54, 1.807) is 0 Å². The quantitative estimate of drug-likeness (QED) is 0.931. The average Bonchev–Trinajstić information content (AvgIpc) is 2.97. The van der Waals surface area contributed by atoms with Crippen molar-refractivity contribution in [3.8, 4) is 0 Å². The Balaban J connectivity index is 1.44. The van der Waals surface area contributed by atoms with Crippen molar-refractivity contribution >= 4 is 21.2 Å². The molecule has 126 valence electrons. The lowest BCUT2D eigenvalue weighted by Gasteiger charge is -2.29. The summed E-state index contributed by atoms with van der Waals surface area (Å²) < 4.78 is 23.2. The van der Waals surface area contributed by atoms with Crippen molar-refractivity contribution in [2.45, 2.75) is 18.9 Å². The maximum atomic E-state index is 11.6. The standard InChI is InChI=1S/C19H22N2O2S/c22-24(23)10-8-21(9-11-24)19-7-3-6-17(14-19)20-18-12-15-4-1-2-5-16(15)13-18/h1-7,14,18,20H,8-13H2. The van der Waals surface area contributed by atoms with Crippen molar-refractivity contribution in [3.63, 3.8) is 0 Å². The second kappa shape index (κ2) is 6.13. The van der Waals surface area contributed by atoms with Crippen LogP contribution in [0.15, 0.2) is 48.5 Å². The Kier molecular flexibility index (Phi) is 3.96. The van der Waals surface area contributed by atoms with Crippen molar-refractivity contribution in [2.24, 2.45) is 0 Å². The fourth-order valence-electron chi connectivity index (χ4n) is 3.66. The third kappa shape index (κ3) is 3.26. The summed E-state index contributed by atoms with van der Waals surface area (Å²) in [6, 6.07) is 17.4. The Morgan fingerprint density at radius 1 is 0.917 bits per heavy atom. The van der Waals surface area contributed by atoms with E-state index in [1.807, 2.05) is 6.07 Å². The van der Waals surface area contributed by atoms with Gasteiger partial charge in [0.05, 0.1) is 11.5 Å². The second-order valence-corrected chi connectivity index (χ2v) is 9.01. The van der Waals surface area contributed by atoms with Gasteiger partial charge in [-0.3, -0.25) is 0 Å². The van der Waals surface area contributed by atoms with E-state index >= 15 is 0 Å². The Bertz CT molecular complexity index is 809. The smallest absolute Gasteiger partial charge is 0.153 e. The highest BCUT2D eigenvalue weighted by Gasteiger charge is 2.23. The normalized spacial score (nSPS) is 19.9. The van der Waals surface area contributed by atoms with E-state index in [9.17, 15) is 8.42 Å². The van der Waals surface area contributed by atoms with E-state index in [2.05, 4.69) is 52.7 Å². The molecule has 0 spiro atoms. The molecule has 4 nitrogen and oxygen atoms in total. The average molecular weight is 342 g/mol. The molecule has 1 N–H and O–H groups in total. The van der Waals surface area contributed by atoms with E-state index < -0.39 is 9.84 Å². The number of fused-ring (bicyclic) bond motifs is 1. The molecule has 0 bridgehead atoms. The van der Waals surface area contributed by atoms with E-state index in [4.69, 9.17) is 0 Å². The number of sulfone groups is 1. The largest absolute Gasteiger partial charge is 0.382 e. The van der Waals surface area contributed by atoms with Gasteiger partial charge in [0.25, 0.3) is 0 Å². The van der Waals surface area contributed by atoms with Crippen LogP contribution in [0.2, 0.25) is 0 Å². The van der Waals surface area contributed by atoms with Gasteiger partial charge >= 0.3 is 0 Å². The van der Waals surface area contributed by atoms with Crippen molar-refractivity contribution in [1.82, 2.24) is 0 Å². The summed E-state index contributed by atoms with van der Waals surface area (Å²) in [7, 11) is -2.84. The van der Waals surface area contributed by atoms with Crippen LogP contribution in [0.4, 0.5) is 11.4 Å². The lowest BCUT2D eigenvalue weighted by Crippen LogP contribution is -2.40. The van der Waals surface area contributed by atoms with Crippen LogP contribution in [-0.4, -0.2) is 39.1 Å². The zero-order valence-electron chi connectivity index (χ0n) is 13.6. The van der Waals surface area contributed by atoms with Gasteiger partial charge in [0.15, 0.2) is 9.84 Å². The van der Waals surface area contributed by atoms with Gasteiger partial charge in [0.2, 0.25) is 0 Å². The maximum absolute atomic E-state index is 11.6. The molecule has 1 fully saturated rings. The first-order valence-corrected chi connectivity index (χ1v) is 10.3.